The molecule has 5 nitrogen and oxygen atoms in total. The molecule has 0 radical (unpaired) electrons. The van der Waals surface area contributed by atoms with Gasteiger partial charge in [0.05, 0.1) is 0 Å². The fourth-order valence-corrected chi connectivity index (χ4v) is 4.05. The first-order chi connectivity index (χ1) is 14.8. The van der Waals surface area contributed by atoms with Crippen LogP contribution in [0.4, 0.5) is 5.69 Å². The largest absolute Gasteiger partial charge is 0.454 e. The van der Waals surface area contributed by atoms with E-state index in [9.17, 15) is 4.79 Å². The van der Waals surface area contributed by atoms with Gasteiger partial charge in [0.15, 0.2) is 11.5 Å². The van der Waals surface area contributed by atoms with Crippen LogP contribution in [-0.4, -0.2) is 25.8 Å². The molecule has 0 atom stereocenters. The van der Waals surface area contributed by atoms with Crippen molar-refractivity contribution in [3.8, 4) is 11.5 Å². The Bertz CT molecular complexity index is 1060. The number of amides is 1. The summed E-state index contributed by atoms with van der Waals surface area (Å²) in [6, 6.07) is 22.6. The Morgan fingerprint density at radius 1 is 0.933 bits per heavy atom. The molecule has 2 heterocycles. The first-order valence-electron chi connectivity index (χ1n) is 10.3. The van der Waals surface area contributed by atoms with Gasteiger partial charge in [0.2, 0.25) is 6.79 Å². The molecule has 0 saturated heterocycles. The number of carbonyl (C=O) groups excluding carboxylic acids is 1. The fraction of sp³-hybridized carbons (Fsp3) is 0.240. The molecule has 3 aromatic rings. The van der Waals surface area contributed by atoms with Crippen LogP contribution in [0.3, 0.4) is 0 Å². The van der Waals surface area contributed by atoms with E-state index in [0.717, 1.165) is 25.9 Å². The number of nitrogens with zero attached hydrogens (tertiary/aromatic N) is 1. The molecular weight excluding hydrogens is 376 g/mol. The predicted octanol–water partition coefficient (Wildman–Crippen LogP) is 3.95. The Morgan fingerprint density at radius 3 is 2.60 bits per heavy atom. The molecule has 0 saturated carbocycles. The molecule has 1 N–H and O–H groups in total. The quantitative estimate of drug-likeness (QED) is 0.705. The molecule has 2 aliphatic heterocycles. The van der Waals surface area contributed by atoms with Crippen molar-refractivity contribution in [3.05, 3.63) is 89.0 Å². The molecule has 0 bridgehead atoms. The molecule has 1 amide bonds. The van der Waals surface area contributed by atoms with Crippen LogP contribution in [0.2, 0.25) is 0 Å². The lowest BCUT2D eigenvalue weighted by Gasteiger charge is -2.30. The number of benzene rings is 3. The molecule has 30 heavy (non-hydrogen) atoms. The summed E-state index contributed by atoms with van der Waals surface area (Å²) in [7, 11) is 0. The van der Waals surface area contributed by atoms with Crippen LogP contribution in [0.15, 0.2) is 66.7 Å². The minimum atomic E-state index is -0.100. The summed E-state index contributed by atoms with van der Waals surface area (Å²) < 4.78 is 10.6. The highest BCUT2D eigenvalue weighted by Crippen LogP contribution is 2.32. The number of ether oxygens (including phenoxy) is 2. The monoisotopic (exact) mass is 400 g/mol. The maximum Gasteiger partial charge on any atom is 0.251 e. The van der Waals surface area contributed by atoms with Gasteiger partial charge in [-0.25, -0.2) is 0 Å². The highest BCUT2D eigenvalue weighted by molar-refractivity contribution is 5.94. The van der Waals surface area contributed by atoms with Crippen LogP contribution in [0.5, 0.6) is 11.5 Å². The Kier molecular flexibility index (Phi) is 5.01. The van der Waals surface area contributed by atoms with Crippen molar-refractivity contribution in [3.63, 3.8) is 0 Å². The number of carbonyl (C=O) groups is 1. The molecule has 5 rings (SSSR count). The second kappa shape index (κ2) is 8.11. The molecule has 3 aromatic carbocycles. The van der Waals surface area contributed by atoms with E-state index in [4.69, 9.17) is 9.47 Å². The zero-order valence-electron chi connectivity index (χ0n) is 16.8. The van der Waals surface area contributed by atoms with Crippen LogP contribution in [-0.2, 0) is 19.4 Å². The minimum Gasteiger partial charge on any atom is -0.454 e. The van der Waals surface area contributed by atoms with E-state index >= 15 is 0 Å². The van der Waals surface area contributed by atoms with Gasteiger partial charge in [0, 0.05) is 30.9 Å². The van der Waals surface area contributed by atoms with Crippen molar-refractivity contribution < 1.29 is 14.3 Å². The van der Waals surface area contributed by atoms with Gasteiger partial charge in [0.1, 0.15) is 0 Å². The summed E-state index contributed by atoms with van der Waals surface area (Å²) in [5.41, 5.74) is 5.92. The molecule has 0 fully saturated rings. The average Bonchev–Trinajstić information content (AvgIpc) is 3.27. The Labute approximate surface area is 176 Å². The third kappa shape index (κ3) is 3.83. The van der Waals surface area contributed by atoms with Crippen molar-refractivity contribution in [2.45, 2.75) is 19.4 Å². The third-order valence-electron chi connectivity index (χ3n) is 5.77. The molecular formula is C25H24N2O3. The highest BCUT2D eigenvalue weighted by atomic mass is 16.7. The van der Waals surface area contributed by atoms with Crippen molar-refractivity contribution in [2.24, 2.45) is 0 Å². The van der Waals surface area contributed by atoms with Gasteiger partial charge in [-0.15, -0.1) is 0 Å². The Balaban J connectivity index is 1.15. The normalized spacial score (nSPS) is 14.3. The van der Waals surface area contributed by atoms with Crippen molar-refractivity contribution >= 4 is 11.6 Å². The Hall–Kier alpha value is -3.47. The molecule has 2 aliphatic rings. The topological polar surface area (TPSA) is 50.8 Å². The number of fused-ring (bicyclic) bond motifs is 2. The molecule has 152 valence electrons. The van der Waals surface area contributed by atoms with Gasteiger partial charge in [-0.05, 0) is 59.9 Å². The number of hydrogen-bond acceptors (Lipinski definition) is 4. The number of hydrogen-bond donors (Lipinski definition) is 1. The van der Waals surface area contributed by atoms with E-state index < -0.39 is 0 Å². The van der Waals surface area contributed by atoms with Crippen LogP contribution in [0.1, 0.15) is 27.0 Å². The van der Waals surface area contributed by atoms with Crippen molar-refractivity contribution in [2.75, 3.05) is 24.8 Å². The summed E-state index contributed by atoms with van der Waals surface area (Å²) in [4.78, 5) is 14.8. The van der Waals surface area contributed by atoms with Gasteiger partial charge >= 0.3 is 0 Å². The lowest BCUT2D eigenvalue weighted by Crippen LogP contribution is -2.30. The molecule has 0 aromatic heterocycles. The van der Waals surface area contributed by atoms with E-state index in [2.05, 4.69) is 58.7 Å². The predicted molar refractivity (Wildman–Crippen MR) is 116 cm³/mol. The van der Waals surface area contributed by atoms with Gasteiger partial charge in [-0.2, -0.15) is 0 Å². The number of nitrogens with one attached hydrogen (secondary N) is 1. The second-order valence-corrected chi connectivity index (χ2v) is 7.68. The van der Waals surface area contributed by atoms with Crippen LogP contribution in [0.25, 0.3) is 0 Å². The van der Waals surface area contributed by atoms with E-state index in [1.165, 1.54) is 22.4 Å². The zero-order chi connectivity index (χ0) is 20.3. The maximum absolute atomic E-state index is 12.4. The summed E-state index contributed by atoms with van der Waals surface area (Å²) in [5, 5.41) is 2.98. The number of rotatable bonds is 5. The minimum absolute atomic E-state index is 0.100. The lowest BCUT2D eigenvalue weighted by molar-refractivity contribution is 0.0953. The summed E-state index contributed by atoms with van der Waals surface area (Å²) in [5.74, 6) is 1.21. The molecule has 0 unspecified atom stereocenters. The van der Waals surface area contributed by atoms with E-state index in [1.807, 2.05) is 0 Å². The summed E-state index contributed by atoms with van der Waals surface area (Å²) in [6.45, 7) is 2.80. The maximum atomic E-state index is 12.4. The zero-order valence-corrected chi connectivity index (χ0v) is 16.8. The first kappa shape index (κ1) is 18.6. The summed E-state index contributed by atoms with van der Waals surface area (Å²) in [6.07, 6.45) is 1.88. The number of anilines is 1. The van der Waals surface area contributed by atoms with Crippen LogP contribution >= 0.6 is 0 Å². The van der Waals surface area contributed by atoms with Crippen LogP contribution < -0.4 is 19.7 Å². The molecule has 5 heteroatoms. The second-order valence-electron chi connectivity index (χ2n) is 7.68. The lowest BCUT2D eigenvalue weighted by atomic mass is 9.99. The van der Waals surface area contributed by atoms with E-state index in [0.29, 0.717) is 23.6 Å². The van der Waals surface area contributed by atoms with Crippen LogP contribution in [0, 0.1) is 0 Å². The van der Waals surface area contributed by atoms with Gasteiger partial charge < -0.3 is 19.7 Å². The standard InChI is InChI=1S/C25H24N2O3/c28-25(20-7-10-23-24(15-20)30-17-29-23)26-13-11-18-5-8-22(9-6-18)27-14-12-19-3-1-2-4-21(19)16-27/h1-10,15H,11-14,16-17H2,(H,26,28). The van der Waals surface area contributed by atoms with Crippen molar-refractivity contribution in [1.82, 2.24) is 5.32 Å². The first-order valence-corrected chi connectivity index (χ1v) is 10.3. The molecule has 0 spiro atoms. The smallest absolute Gasteiger partial charge is 0.251 e. The highest BCUT2D eigenvalue weighted by Gasteiger charge is 2.17. The van der Waals surface area contributed by atoms with Gasteiger partial charge in [-0.1, -0.05) is 36.4 Å². The molecule has 0 aliphatic carbocycles. The van der Waals surface area contributed by atoms with Crippen molar-refractivity contribution in [1.29, 1.82) is 0 Å². The average molecular weight is 400 g/mol. The third-order valence-corrected chi connectivity index (χ3v) is 5.77. The fourth-order valence-electron chi connectivity index (χ4n) is 4.05. The Morgan fingerprint density at radius 2 is 1.73 bits per heavy atom. The van der Waals surface area contributed by atoms with Gasteiger partial charge in [-0.3, -0.25) is 4.79 Å². The van der Waals surface area contributed by atoms with E-state index in [-0.39, 0.29) is 12.7 Å². The van der Waals surface area contributed by atoms with Gasteiger partial charge in [0.25, 0.3) is 5.91 Å². The van der Waals surface area contributed by atoms with E-state index in [1.54, 1.807) is 18.2 Å². The summed E-state index contributed by atoms with van der Waals surface area (Å²) >= 11 is 0. The SMILES string of the molecule is O=C(NCCc1ccc(N2CCc3ccccc3C2)cc1)c1ccc2c(c1)OCO2.